The van der Waals surface area contributed by atoms with Gasteiger partial charge < -0.3 is 10.6 Å². The second-order valence-electron chi connectivity index (χ2n) is 4.16. The number of anilines is 3. The van der Waals surface area contributed by atoms with Crippen molar-refractivity contribution in [2.45, 2.75) is 6.18 Å². The molecule has 0 bridgehead atoms. The summed E-state index contributed by atoms with van der Waals surface area (Å²) in [5.41, 5.74) is 5.54. The largest absolute Gasteiger partial charge is 0.418 e. The Morgan fingerprint density at radius 1 is 0.947 bits per heavy atom. The van der Waals surface area contributed by atoms with Gasteiger partial charge in [0, 0.05) is 24.1 Å². The summed E-state index contributed by atoms with van der Waals surface area (Å²) in [6.45, 7) is 0. The Morgan fingerprint density at radius 2 is 1.58 bits per heavy atom. The van der Waals surface area contributed by atoms with Gasteiger partial charge in [-0.25, -0.2) is 0 Å². The molecule has 19 heavy (non-hydrogen) atoms. The van der Waals surface area contributed by atoms with E-state index >= 15 is 0 Å². The lowest BCUT2D eigenvalue weighted by Gasteiger charge is -2.21. The van der Waals surface area contributed by atoms with E-state index in [1.54, 1.807) is 18.0 Å². The maximum absolute atomic E-state index is 12.8. The molecule has 2 aromatic carbocycles. The quantitative estimate of drug-likeness (QED) is 0.831. The van der Waals surface area contributed by atoms with Crippen molar-refractivity contribution in [1.29, 1.82) is 0 Å². The Morgan fingerprint density at radius 3 is 2.16 bits per heavy atom. The predicted molar refractivity (Wildman–Crippen MR) is 70.4 cm³/mol. The van der Waals surface area contributed by atoms with Crippen molar-refractivity contribution < 1.29 is 13.2 Å². The fourth-order valence-electron chi connectivity index (χ4n) is 1.80. The van der Waals surface area contributed by atoms with Crippen molar-refractivity contribution in [3.05, 3.63) is 54.1 Å². The van der Waals surface area contributed by atoms with Crippen LogP contribution in [-0.4, -0.2) is 7.05 Å². The van der Waals surface area contributed by atoms with Crippen molar-refractivity contribution in [2.75, 3.05) is 17.7 Å². The topological polar surface area (TPSA) is 29.3 Å². The number of para-hydroxylation sites is 1. The van der Waals surface area contributed by atoms with Gasteiger partial charge in [0.2, 0.25) is 0 Å². The first-order chi connectivity index (χ1) is 8.89. The number of alkyl halides is 3. The summed E-state index contributed by atoms with van der Waals surface area (Å²) < 4.78 is 38.4. The van der Waals surface area contributed by atoms with Crippen molar-refractivity contribution in [3.8, 4) is 0 Å². The van der Waals surface area contributed by atoms with E-state index in [9.17, 15) is 13.2 Å². The van der Waals surface area contributed by atoms with Crippen LogP contribution in [0.2, 0.25) is 0 Å². The van der Waals surface area contributed by atoms with E-state index in [4.69, 9.17) is 5.73 Å². The first kappa shape index (κ1) is 13.3. The highest BCUT2D eigenvalue weighted by atomic mass is 19.4. The van der Waals surface area contributed by atoms with Gasteiger partial charge in [-0.15, -0.1) is 0 Å². The lowest BCUT2D eigenvalue weighted by Crippen LogP contribution is -2.13. The SMILES string of the molecule is CN(c1ccccc1)c1ccc(N)c(C(F)(F)F)c1. The zero-order valence-corrected chi connectivity index (χ0v) is 10.3. The molecule has 2 N–H and O–H groups in total. The standard InChI is InChI=1S/C14H13F3N2/c1-19(10-5-3-2-4-6-10)11-7-8-13(18)12(9-11)14(15,16)17/h2-9H,18H2,1H3. The molecule has 0 aliphatic rings. The molecule has 0 amide bonds. The fourth-order valence-corrected chi connectivity index (χ4v) is 1.80. The zero-order valence-electron chi connectivity index (χ0n) is 10.3. The molecule has 0 atom stereocenters. The molecule has 2 nitrogen and oxygen atoms in total. The first-order valence-electron chi connectivity index (χ1n) is 5.65. The molecular weight excluding hydrogens is 253 g/mol. The number of hydrogen-bond donors (Lipinski definition) is 1. The fraction of sp³-hybridized carbons (Fsp3) is 0.143. The molecule has 5 heteroatoms. The molecule has 0 spiro atoms. The number of nitrogen functional groups attached to an aromatic ring is 1. The van der Waals surface area contributed by atoms with Crippen LogP contribution in [0.25, 0.3) is 0 Å². The summed E-state index contributed by atoms with van der Waals surface area (Å²) in [6.07, 6.45) is -4.45. The third kappa shape index (κ3) is 2.81. The smallest absolute Gasteiger partial charge is 0.398 e. The number of halogens is 3. The highest BCUT2D eigenvalue weighted by molar-refractivity contribution is 5.66. The molecule has 0 unspecified atom stereocenters. The summed E-state index contributed by atoms with van der Waals surface area (Å²) in [7, 11) is 1.71. The van der Waals surface area contributed by atoms with Gasteiger partial charge in [-0.05, 0) is 30.3 Å². The number of rotatable bonds is 2. The molecule has 0 heterocycles. The Kier molecular flexibility index (Phi) is 3.38. The van der Waals surface area contributed by atoms with E-state index in [-0.39, 0.29) is 5.69 Å². The molecule has 0 fully saturated rings. The minimum Gasteiger partial charge on any atom is -0.398 e. The predicted octanol–water partition coefficient (Wildman–Crippen LogP) is 4.06. The van der Waals surface area contributed by atoms with E-state index < -0.39 is 11.7 Å². The Labute approximate surface area is 109 Å². The highest BCUT2D eigenvalue weighted by Gasteiger charge is 2.33. The summed E-state index contributed by atoms with van der Waals surface area (Å²) in [6, 6.07) is 13.0. The molecule has 2 rings (SSSR count). The second-order valence-corrected chi connectivity index (χ2v) is 4.16. The van der Waals surface area contributed by atoms with E-state index in [0.29, 0.717) is 5.69 Å². The van der Waals surface area contributed by atoms with Gasteiger partial charge in [0.15, 0.2) is 0 Å². The van der Waals surface area contributed by atoms with Crippen molar-refractivity contribution in [2.24, 2.45) is 0 Å². The van der Waals surface area contributed by atoms with Crippen molar-refractivity contribution in [3.63, 3.8) is 0 Å². The van der Waals surface area contributed by atoms with Crippen LogP contribution in [0, 0.1) is 0 Å². The van der Waals surface area contributed by atoms with Crippen LogP contribution in [0.3, 0.4) is 0 Å². The summed E-state index contributed by atoms with van der Waals surface area (Å²) >= 11 is 0. The third-order valence-electron chi connectivity index (χ3n) is 2.87. The molecular formula is C14H13F3N2. The monoisotopic (exact) mass is 266 g/mol. The van der Waals surface area contributed by atoms with E-state index in [2.05, 4.69) is 0 Å². The van der Waals surface area contributed by atoms with Gasteiger partial charge in [0.1, 0.15) is 0 Å². The second kappa shape index (κ2) is 4.84. The number of hydrogen-bond acceptors (Lipinski definition) is 2. The molecule has 0 aliphatic carbocycles. The maximum atomic E-state index is 12.8. The van der Waals surface area contributed by atoms with E-state index in [0.717, 1.165) is 11.8 Å². The van der Waals surface area contributed by atoms with Crippen LogP contribution in [0.5, 0.6) is 0 Å². The number of nitrogens with two attached hydrogens (primary N) is 1. The van der Waals surface area contributed by atoms with Gasteiger partial charge in [0.05, 0.1) is 5.56 Å². The minimum atomic E-state index is -4.45. The average Bonchev–Trinajstić information content (AvgIpc) is 2.38. The van der Waals surface area contributed by atoms with Crippen LogP contribution in [-0.2, 0) is 6.18 Å². The van der Waals surface area contributed by atoms with Gasteiger partial charge in [-0.3, -0.25) is 0 Å². The average molecular weight is 266 g/mol. The van der Waals surface area contributed by atoms with Crippen LogP contribution in [0.4, 0.5) is 30.2 Å². The molecule has 0 saturated carbocycles. The van der Waals surface area contributed by atoms with Crippen LogP contribution in [0.15, 0.2) is 48.5 Å². The Hall–Kier alpha value is -2.17. The lowest BCUT2D eigenvalue weighted by molar-refractivity contribution is -0.136. The minimum absolute atomic E-state index is 0.266. The molecule has 0 saturated heterocycles. The zero-order chi connectivity index (χ0) is 14.0. The number of benzene rings is 2. The van der Waals surface area contributed by atoms with Gasteiger partial charge in [-0.1, -0.05) is 18.2 Å². The molecule has 2 aromatic rings. The third-order valence-corrected chi connectivity index (χ3v) is 2.87. The molecule has 100 valence electrons. The van der Waals surface area contributed by atoms with Crippen molar-refractivity contribution >= 4 is 17.1 Å². The van der Waals surface area contributed by atoms with Gasteiger partial charge >= 0.3 is 6.18 Å². The molecule has 0 aliphatic heterocycles. The summed E-state index contributed by atoms with van der Waals surface area (Å²) in [5.74, 6) is 0. The van der Waals surface area contributed by atoms with E-state index in [1.807, 2.05) is 30.3 Å². The van der Waals surface area contributed by atoms with Crippen LogP contribution in [0.1, 0.15) is 5.56 Å². The molecule has 0 aromatic heterocycles. The Balaban J connectivity index is 2.42. The van der Waals surface area contributed by atoms with Crippen LogP contribution >= 0.6 is 0 Å². The van der Waals surface area contributed by atoms with E-state index in [1.165, 1.54) is 6.07 Å². The highest BCUT2D eigenvalue weighted by Crippen LogP contribution is 2.36. The number of nitrogens with zero attached hydrogens (tertiary/aromatic N) is 1. The molecule has 0 radical (unpaired) electrons. The van der Waals surface area contributed by atoms with Crippen LogP contribution < -0.4 is 10.6 Å². The van der Waals surface area contributed by atoms with Gasteiger partial charge in [0.25, 0.3) is 0 Å². The summed E-state index contributed by atoms with van der Waals surface area (Å²) in [4.78, 5) is 1.68. The van der Waals surface area contributed by atoms with Gasteiger partial charge in [-0.2, -0.15) is 13.2 Å². The normalized spacial score (nSPS) is 11.4. The summed E-state index contributed by atoms with van der Waals surface area (Å²) in [5, 5.41) is 0. The lowest BCUT2D eigenvalue weighted by atomic mass is 10.1. The van der Waals surface area contributed by atoms with Crippen molar-refractivity contribution in [1.82, 2.24) is 0 Å². The maximum Gasteiger partial charge on any atom is 0.418 e. The Bertz CT molecular complexity index is 565. The first-order valence-corrected chi connectivity index (χ1v) is 5.65.